The zero-order valence-corrected chi connectivity index (χ0v) is 12.4. The Hall–Kier alpha value is -2.57. The van der Waals surface area contributed by atoms with E-state index in [4.69, 9.17) is 4.74 Å². The summed E-state index contributed by atoms with van der Waals surface area (Å²) in [6, 6.07) is 6.24. The number of carbonyl (C=O) groups is 3. The average Bonchev–Trinajstić information content (AvgIpc) is 2.91. The van der Waals surface area contributed by atoms with Gasteiger partial charge in [0.05, 0.1) is 19.1 Å². The molecule has 22 heavy (non-hydrogen) atoms. The second-order valence-corrected chi connectivity index (χ2v) is 5.15. The molecule has 2 amide bonds. The molecule has 7 nitrogen and oxygen atoms in total. The van der Waals surface area contributed by atoms with Crippen molar-refractivity contribution < 1.29 is 24.2 Å². The van der Waals surface area contributed by atoms with Crippen LogP contribution in [0.4, 0.5) is 10.5 Å². The van der Waals surface area contributed by atoms with Crippen LogP contribution < -0.4 is 5.32 Å². The van der Waals surface area contributed by atoms with Gasteiger partial charge in [-0.3, -0.25) is 9.59 Å². The fourth-order valence-electron chi connectivity index (χ4n) is 2.82. The molecule has 1 aliphatic heterocycles. The minimum Gasteiger partial charge on any atom is -0.469 e. The number of esters is 1. The van der Waals surface area contributed by atoms with Gasteiger partial charge in [0.2, 0.25) is 5.91 Å². The summed E-state index contributed by atoms with van der Waals surface area (Å²) >= 11 is 0. The highest BCUT2D eigenvalue weighted by Gasteiger charge is 2.42. The van der Waals surface area contributed by atoms with Crippen molar-refractivity contribution in [1.82, 2.24) is 4.90 Å². The molecule has 2 rings (SSSR count). The van der Waals surface area contributed by atoms with Crippen LogP contribution in [0.5, 0.6) is 0 Å². The number of nitrogens with one attached hydrogen (secondary N) is 1. The maximum absolute atomic E-state index is 11.9. The summed E-state index contributed by atoms with van der Waals surface area (Å²) in [4.78, 5) is 35.7. The van der Waals surface area contributed by atoms with Gasteiger partial charge in [-0.25, -0.2) is 4.79 Å². The molecular weight excluding hydrogens is 288 g/mol. The Balaban J connectivity index is 2.37. The summed E-state index contributed by atoms with van der Waals surface area (Å²) < 4.78 is 4.78. The lowest BCUT2D eigenvalue weighted by Crippen LogP contribution is -2.32. The van der Waals surface area contributed by atoms with Crippen LogP contribution in [0.3, 0.4) is 0 Å². The predicted molar refractivity (Wildman–Crippen MR) is 78.3 cm³/mol. The summed E-state index contributed by atoms with van der Waals surface area (Å²) in [5.41, 5.74) is 1.22. The largest absolute Gasteiger partial charge is 0.469 e. The van der Waals surface area contributed by atoms with Crippen LogP contribution in [-0.4, -0.2) is 41.6 Å². The molecule has 118 valence electrons. The summed E-state index contributed by atoms with van der Waals surface area (Å²) in [7, 11) is 1.29. The van der Waals surface area contributed by atoms with Gasteiger partial charge >= 0.3 is 12.1 Å². The van der Waals surface area contributed by atoms with Gasteiger partial charge in [-0.15, -0.1) is 0 Å². The van der Waals surface area contributed by atoms with Crippen molar-refractivity contribution in [2.24, 2.45) is 5.92 Å². The van der Waals surface area contributed by atoms with Gasteiger partial charge in [-0.05, 0) is 24.1 Å². The van der Waals surface area contributed by atoms with Crippen LogP contribution >= 0.6 is 0 Å². The molecule has 0 radical (unpaired) electrons. The SMILES string of the molecule is COC(=O)C1CCN(C(=O)O)C1c1cccc(NC(C)=O)c1. The van der Waals surface area contributed by atoms with Gasteiger partial charge in [-0.1, -0.05) is 12.1 Å². The first-order chi connectivity index (χ1) is 10.4. The van der Waals surface area contributed by atoms with Crippen LogP contribution in [0.25, 0.3) is 0 Å². The van der Waals surface area contributed by atoms with Gasteiger partial charge in [0.25, 0.3) is 0 Å². The van der Waals surface area contributed by atoms with Crippen molar-refractivity contribution in [2.45, 2.75) is 19.4 Å². The van der Waals surface area contributed by atoms with Crippen LogP contribution in [0.15, 0.2) is 24.3 Å². The Bertz CT molecular complexity index is 601. The Kier molecular flexibility index (Phi) is 4.65. The highest BCUT2D eigenvalue weighted by atomic mass is 16.5. The Morgan fingerprint density at radius 1 is 1.36 bits per heavy atom. The van der Waals surface area contributed by atoms with E-state index in [0.717, 1.165) is 0 Å². The first-order valence-corrected chi connectivity index (χ1v) is 6.89. The normalized spacial score (nSPS) is 20.5. The lowest BCUT2D eigenvalue weighted by atomic mass is 9.93. The highest BCUT2D eigenvalue weighted by molar-refractivity contribution is 5.88. The van der Waals surface area contributed by atoms with Gasteiger partial charge in [0, 0.05) is 19.2 Å². The minimum atomic E-state index is -1.08. The topological polar surface area (TPSA) is 95.9 Å². The number of methoxy groups -OCH3 is 1. The molecular formula is C15H18N2O5. The van der Waals surface area contributed by atoms with Crippen LogP contribution in [-0.2, 0) is 14.3 Å². The minimum absolute atomic E-state index is 0.219. The third-order valence-electron chi connectivity index (χ3n) is 3.70. The molecule has 1 fully saturated rings. The van der Waals surface area contributed by atoms with Crippen molar-refractivity contribution in [2.75, 3.05) is 19.0 Å². The van der Waals surface area contributed by atoms with Crippen LogP contribution in [0.1, 0.15) is 24.9 Å². The number of rotatable bonds is 3. The third-order valence-corrected chi connectivity index (χ3v) is 3.70. The van der Waals surface area contributed by atoms with Crippen LogP contribution in [0.2, 0.25) is 0 Å². The molecule has 7 heteroatoms. The number of hydrogen-bond acceptors (Lipinski definition) is 4. The molecule has 1 aromatic carbocycles. The smallest absolute Gasteiger partial charge is 0.407 e. The van der Waals surface area contributed by atoms with E-state index in [1.165, 1.54) is 18.9 Å². The molecule has 1 aromatic rings. The van der Waals surface area contributed by atoms with Crippen molar-refractivity contribution >= 4 is 23.7 Å². The standard InChI is InChI=1S/C15H18N2O5/c1-9(18)16-11-5-3-4-10(8-11)13-12(14(19)22-2)6-7-17(13)15(20)21/h3-5,8,12-13H,6-7H2,1-2H3,(H,16,18)(H,20,21). The van der Waals surface area contributed by atoms with Crippen molar-refractivity contribution in [1.29, 1.82) is 0 Å². The van der Waals surface area contributed by atoms with Gasteiger partial charge in [-0.2, -0.15) is 0 Å². The second kappa shape index (κ2) is 6.46. The lowest BCUT2D eigenvalue weighted by molar-refractivity contribution is -0.146. The first kappa shape index (κ1) is 15.8. The van der Waals surface area contributed by atoms with E-state index in [1.807, 2.05) is 0 Å². The number of nitrogens with zero attached hydrogens (tertiary/aromatic N) is 1. The molecule has 0 bridgehead atoms. The summed E-state index contributed by atoms with van der Waals surface area (Å²) in [6.45, 7) is 1.66. The molecule has 0 spiro atoms. The van der Waals surface area contributed by atoms with Crippen LogP contribution in [0, 0.1) is 5.92 Å². The van der Waals surface area contributed by atoms with Crippen molar-refractivity contribution in [3.63, 3.8) is 0 Å². The average molecular weight is 306 g/mol. The molecule has 0 aliphatic carbocycles. The van der Waals surface area contributed by atoms with Crippen molar-refractivity contribution in [3.8, 4) is 0 Å². The molecule has 1 saturated heterocycles. The number of anilines is 1. The first-order valence-electron chi connectivity index (χ1n) is 6.89. The second-order valence-electron chi connectivity index (χ2n) is 5.15. The Labute approximate surface area is 127 Å². The third kappa shape index (κ3) is 3.19. The summed E-state index contributed by atoms with van der Waals surface area (Å²) in [5.74, 6) is -1.20. The fourth-order valence-corrected chi connectivity index (χ4v) is 2.82. The quantitative estimate of drug-likeness (QED) is 0.831. The lowest BCUT2D eigenvalue weighted by Gasteiger charge is -2.25. The van der Waals surface area contributed by atoms with E-state index in [1.54, 1.807) is 24.3 Å². The monoisotopic (exact) mass is 306 g/mol. The van der Waals surface area contributed by atoms with E-state index in [0.29, 0.717) is 17.7 Å². The molecule has 0 aromatic heterocycles. The maximum Gasteiger partial charge on any atom is 0.407 e. The number of carbonyl (C=O) groups excluding carboxylic acids is 2. The molecule has 2 atom stereocenters. The molecule has 2 unspecified atom stereocenters. The van der Waals surface area contributed by atoms with E-state index in [-0.39, 0.29) is 12.5 Å². The molecule has 1 aliphatic rings. The van der Waals surface area contributed by atoms with Gasteiger partial charge in [0.1, 0.15) is 0 Å². The van der Waals surface area contributed by atoms with Gasteiger partial charge in [0.15, 0.2) is 0 Å². The Morgan fingerprint density at radius 2 is 2.09 bits per heavy atom. The highest BCUT2D eigenvalue weighted by Crippen LogP contribution is 2.38. The number of likely N-dealkylation sites (tertiary alicyclic amines) is 1. The van der Waals surface area contributed by atoms with E-state index in [2.05, 4.69) is 5.32 Å². The van der Waals surface area contributed by atoms with Gasteiger partial charge < -0.3 is 20.1 Å². The zero-order chi connectivity index (χ0) is 16.3. The number of carboxylic acid groups (broad SMARTS) is 1. The number of hydrogen-bond donors (Lipinski definition) is 2. The van der Waals surface area contributed by atoms with E-state index < -0.39 is 24.0 Å². The molecule has 0 saturated carbocycles. The maximum atomic E-state index is 11.9. The van der Waals surface area contributed by atoms with E-state index in [9.17, 15) is 19.5 Å². The number of benzene rings is 1. The van der Waals surface area contributed by atoms with E-state index >= 15 is 0 Å². The zero-order valence-electron chi connectivity index (χ0n) is 12.4. The summed E-state index contributed by atoms with van der Waals surface area (Å²) in [6.07, 6.45) is -0.671. The molecule has 2 N–H and O–H groups in total. The Morgan fingerprint density at radius 3 is 2.68 bits per heavy atom. The summed E-state index contributed by atoms with van der Waals surface area (Å²) in [5, 5.41) is 12.0. The predicted octanol–water partition coefficient (Wildman–Crippen LogP) is 1.86. The van der Waals surface area contributed by atoms with Crippen molar-refractivity contribution in [3.05, 3.63) is 29.8 Å². The molecule has 1 heterocycles. The fraction of sp³-hybridized carbons (Fsp3) is 0.400. The number of ether oxygens (including phenoxy) is 1. The number of amides is 2.